The Labute approximate surface area is 79.1 Å². The lowest BCUT2D eigenvalue weighted by atomic mass is 9.82. The maximum atomic E-state index is 11.3. The molecule has 0 heterocycles. The Hall–Kier alpha value is -0.180. The van der Waals surface area contributed by atoms with Gasteiger partial charge in [0.1, 0.15) is 0 Å². The summed E-state index contributed by atoms with van der Waals surface area (Å²) in [6, 6.07) is 0. The second-order valence-corrected chi connectivity index (χ2v) is 4.81. The number of esters is 1. The van der Waals surface area contributed by atoms with Crippen LogP contribution in [0.4, 0.5) is 0 Å². The largest absolute Gasteiger partial charge is 0.469 e. The van der Waals surface area contributed by atoms with Gasteiger partial charge in [-0.25, -0.2) is 0 Å². The van der Waals surface area contributed by atoms with Crippen molar-refractivity contribution in [3.8, 4) is 0 Å². The number of thioether (sulfide) groups is 1. The monoisotopic (exact) mass is 190 g/mol. The molecule has 0 aliphatic rings. The fourth-order valence-corrected chi connectivity index (χ4v) is 1.95. The van der Waals surface area contributed by atoms with Crippen molar-refractivity contribution in [2.24, 2.45) is 11.3 Å². The third-order valence-electron chi connectivity index (χ3n) is 1.86. The van der Waals surface area contributed by atoms with Gasteiger partial charge >= 0.3 is 5.97 Å². The van der Waals surface area contributed by atoms with E-state index in [0.717, 1.165) is 5.75 Å². The van der Waals surface area contributed by atoms with E-state index in [9.17, 15) is 4.79 Å². The molecule has 0 N–H and O–H groups in total. The van der Waals surface area contributed by atoms with Crippen LogP contribution in [0.1, 0.15) is 20.8 Å². The molecule has 0 aromatic heterocycles. The van der Waals surface area contributed by atoms with E-state index in [2.05, 4.69) is 20.8 Å². The van der Waals surface area contributed by atoms with Crippen LogP contribution in [0.3, 0.4) is 0 Å². The minimum absolute atomic E-state index is 0.00231. The SMILES string of the molecule is COC(=O)C(CSC)C(C)(C)C. The molecule has 0 aromatic rings. The van der Waals surface area contributed by atoms with Crippen LogP contribution in [0.15, 0.2) is 0 Å². The van der Waals surface area contributed by atoms with Gasteiger partial charge in [-0.15, -0.1) is 0 Å². The van der Waals surface area contributed by atoms with E-state index in [0.29, 0.717) is 0 Å². The van der Waals surface area contributed by atoms with E-state index < -0.39 is 0 Å². The first-order valence-electron chi connectivity index (χ1n) is 4.00. The van der Waals surface area contributed by atoms with E-state index in [1.54, 1.807) is 11.8 Å². The maximum Gasteiger partial charge on any atom is 0.310 e. The van der Waals surface area contributed by atoms with Gasteiger partial charge in [-0.2, -0.15) is 11.8 Å². The zero-order valence-corrected chi connectivity index (χ0v) is 9.33. The molecule has 0 radical (unpaired) electrons. The number of methoxy groups -OCH3 is 1. The summed E-state index contributed by atoms with van der Waals surface area (Å²) in [5.74, 6) is 0.727. The quantitative estimate of drug-likeness (QED) is 0.638. The van der Waals surface area contributed by atoms with Gasteiger partial charge in [-0.05, 0) is 11.7 Å². The van der Waals surface area contributed by atoms with Gasteiger partial charge in [0.2, 0.25) is 0 Å². The van der Waals surface area contributed by atoms with E-state index in [-0.39, 0.29) is 17.3 Å². The molecule has 1 unspecified atom stereocenters. The fourth-order valence-electron chi connectivity index (χ4n) is 0.981. The molecule has 0 aliphatic carbocycles. The molecule has 0 rings (SSSR count). The molecule has 0 bridgehead atoms. The molecule has 72 valence electrons. The Balaban J connectivity index is 4.33. The first-order valence-corrected chi connectivity index (χ1v) is 5.39. The van der Waals surface area contributed by atoms with Crippen molar-refractivity contribution < 1.29 is 9.53 Å². The first-order chi connectivity index (χ1) is 5.43. The Morgan fingerprint density at radius 3 is 2.25 bits per heavy atom. The third-order valence-corrected chi connectivity index (χ3v) is 2.53. The minimum atomic E-state index is -0.100. The summed E-state index contributed by atoms with van der Waals surface area (Å²) in [5.41, 5.74) is -0.00387. The topological polar surface area (TPSA) is 26.3 Å². The molecule has 0 aliphatic heterocycles. The number of rotatable bonds is 3. The Morgan fingerprint density at radius 1 is 1.50 bits per heavy atom. The summed E-state index contributed by atoms with van der Waals surface area (Å²) in [4.78, 5) is 11.3. The van der Waals surface area contributed by atoms with Crippen LogP contribution in [0.25, 0.3) is 0 Å². The first kappa shape index (κ1) is 11.8. The molecule has 12 heavy (non-hydrogen) atoms. The van der Waals surface area contributed by atoms with Gasteiger partial charge < -0.3 is 4.74 Å². The highest BCUT2D eigenvalue weighted by atomic mass is 32.2. The zero-order chi connectivity index (χ0) is 9.78. The van der Waals surface area contributed by atoms with Crippen molar-refractivity contribution in [1.82, 2.24) is 0 Å². The van der Waals surface area contributed by atoms with E-state index in [1.165, 1.54) is 7.11 Å². The lowest BCUT2D eigenvalue weighted by Gasteiger charge is -2.27. The standard InChI is InChI=1S/C9H18O2S/c1-9(2,3)7(6-12-5)8(10)11-4/h7H,6H2,1-5H3. The predicted molar refractivity (Wildman–Crippen MR) is 53.3 cm³/mol. The summed E-state index contributed by atoms with van der Waals surface area (Å²) in [5, 5.41) is 0. The smallest absolute Gasteiger partial charge is 0.310 e. The molecule has 0 saturated carbocycles. The fraction of sp³-hybridized carbons (Fsp3) is 0.889. The van der Waals surface area contributed by atoms with Crippen LogP contribution in [0.5, 0.6) is 0 Å². The molecule has 0 amide bonds. The molecule has 0 saturated heterocycles. The van der Waals surface area contributed by atoms with Crippen molar-refractivity contribution in [1.29, 1.82) is 0 Å². The molecule has 0 spiro atoms. The number of ether oxygens (including phenoxy) is 1. The third kappa shape index (κ3) is 3.48. The summed E-state index contributed by atoms with van der Waals surface area (Å²) < 4.78 is 4.74. The Kier molecular flexibility index (Phi) is 4.68. The van der Waals surface area contributed by atoms with Crippen LogP contribution in [0, 0.1) is 11.3 Å². The van der Waals surface area contributed by atoms with Crippen LogP contribution in [-0.4, -0.2) is 25.1 Å². The lowest BCUT2D eigenvalue weighted by molar-refractivity contribution is -0.148. The Bertz CT molecular complexity index is 149. The van der Waals surface area contributed by atoms with Gasteiger partial charge in [0.25, 0.3) is 0 Å². The molecule has 1 atom stereocenters. The van der Waals surface area contributed by atoms with Crippen LogP contribution >= 0.6 is 11.8 Å². The molecular weight excluding hydrogens is 172 g/mol. The van der Waals surface area contributed by atoms with Crippen molar-refractivity contribution in [3.63, 3.8) is 0 Å². The highest BCUT2D eigenvalue weighted by molar-refractivity contribution is 7.98. The zero-order valence-electron chi connectivity index (χ0n) is 8.51. The van der Waals surface area contributed by atoms with Crippen molar-refractivity contribution in [3.05, 3.63) is 0 Å². The number of hydrogen-bond donors (Lipinski definition) is 0. The minimum Gasteiger partial charge on any atom is -0.469 e. The summed E-state index contributed by atoms with van der Waals surface area (Å²) in [7, 11) is 1.45. The van der Waals surface area contributed by atoms with E-state index in [4.69, 9.17) is 4.74 Å². The van der Waals surface area contributed by atoms with Crippen LogP contribution in [0.2, 0.25) is 0 Å². The van der Waals surface area contributed by atoms with Crippen molar-refractivity contribution >= 4 is 17.7 Å². The van der Waals surface area contributed by atoms with Crippen LogP contribution in [-0.2, 0) is 9.53 Å². The highest BCUT2D eigenvalue weighted by Crippen LogP contribution is 2.29. The number of carbonyl (C=O) groups is 1. The number of hydrogen-bond acceptors (Lipinski definition) is 3. The molecular formula is C9H18O2S. The summed E-state index contributed by atoms with van der Waals surface area (Å²) in [6.45, 7) is 6.18. The highest BCUT2D eigenvalue weighted by Gasteiger charge is 2.31. The number of carbonyl (C=O) groups excluding carboxylic acids is 1. The average Bonchev–Trinajstić information content (AvgIpc) is 1.96. The maximum absolute atomic E-state index is 11.3. The summed E-state index contributed by atoms with van der Waals surface area (Å²) >= 11 is 1.68. The van der Waals surface area contributed by atoms with E-state index >= 15 is 0 Å². The lowest BCUT2D eigenvalue weighted by Crippen LogP contribution is -2.31. The van der Waals surface area contributed by atoms with Crippen molar-refractivity contribution in [2.45, 2.75) is 20.8 Å². The Morgan fingerprint density at radius 2 is 2.00 bits per heavy atom. The second-order valence-electron chi connectivity index (χ2n) is 3.90. The predicted octanol–water partition coefficient (Wildman–Crippen LogP) is 2.18. The molecule has 2 nitrogen and oxygen atoms in total. The van der Waals surface area contributed by atoms with E-state index in [1.807, 2.05) is 6.26 Å². The van der Waals surface area contributed by atoms with Gasteiger partial charge in [0, 0.05) is 5.75 Å². The second kappa shape index (κ2) is 4.75. The summed E-state index contributed by atoms with van der Waals surface area (Å²) in [6.07, 6.45) is 2.00. The normalized spacial score (nSPS) is 14.1. The molecule has 3 heteroatoms. The molecule has 0 aromatic carbocycles. The van der Waals surface area contributed by atoms with Crippen molar-refractivity contribution in [2.75, 3.05) is 19.1 Å². The van der Waals surface area contributed by atoms with Gasteiger partial charge in [-0.3, -0.25) is 4.79 Å². The van der Waals surface area contributed by atoms with Gasteiger partial charge in [0.15, 0.2) is 0 Å². The molecule has 0 fully saturated rings. The van der Waals surface area contributed by atoms with Crippen LogP contribution < -0.4 is 0 Å². The average molecular weight is 190 g/mol. The van der Waals surface area contributed by atoms with Gasteiger partial charge in [0.05, 0.1) is 13.0 Å². The van der Waals surface area contributed by atoms with Gasteiger partial charge in [-0.1, -0.05) is 20.8 Å².